The molecule has 0 N–H and O–H groups in total. The summed E-state index contributed by atoms with van der Waals surface area (Å²) in [7, 11) is 1.82. The predicted molar refractivity (Wildman–Crippen MR) is 93.7 cm³/mol. The normalized spacial score (nSPS) is 15.4. The van der Waals surface area contributed by atoms with Gasteiger partial charge in [0.15, 0.2) is 0 Å². The zero-order chi connectivity index (χ0) is 17.5. The van der Waals surface area contributed by atoms with Crippen molar-refractivity contribution in [2.24, 2.45) is 11.8 Å². The van der Waals surface area contributed by atoms with Crippen LogP contribution in [0, 0.1) is 11.8 Å². The molecule has 0 aliphatic carbocycles. The first kappa shape index (κ1) is 18.3. The van der Waals surface area contributed by atoms with Gasteiger partial charge in [-0.15, -0.1) is 0 Å². The van der Waals surface area contributed by atoms with Crippen molar-refractivity contribution in [3.05, 3.63) is 30.3 Å². The number of hydrogen-bond acceptors (Lipinski definition) is 3. The Morgan fingerprint density at radius 3 is 2.42 bits per heavy atom. The second-order valence-corrected chi connectivity index (χ2v) is 6.68. The lowest BCUT2D eigenvalue weighted by Crippen LogP contribution is -2.45. The minimum absolute atomic E-state index is 0.0166. The molecule has 0 atom stereocenters. The van der Waals surface area contributed by atoms with E-state index in [1.165, 1.54) is 0 Å². The van der Waals surface area contributed by atoms with Crippen molar-refractivity contribution in [3.8, 4) is 5.75 Å². The molecule has 1 saturated heterocycles. The SMILES string of the molecule is CC(C)C(=O)N1CCC(C(=O)N(C)CCOc2ccccc2)CC1. The number of benzene rings is 1. The molecule has 0 saturated carbocycles. The first-order valence-corrected chi connectivity index (χ1v) is 8.70. The van der Waals surface area contributed by atoms with Crippen molar-refractivity contribution in [1.29, 1.82) is 0 Å². The average Bonchev–Trinajstić information content (AvgIpc) is 2.61. The van der Waals surface area contributed by atoms with E-state index in [1.54, 1.807) is 4.90 Å². The van der Waals surface area contributed by atoms with Crippen molar-refractivity contribution >= 4 is 11.8 Å². The molecule has 1 aromatic rings. The standard InChI is InChI=1S/C19H28N2O3/c1-15(2)18(22)21-11-9-16(10-12-21)19(23)20(3)13-14-24-17-7-5-4-6-8-17/h4-8,15-16H,9-14H2,1-3H3. The molecule has 5 nitrogen and oxygen atoms in total. The van der Waals surface area contributed by atoms with E-state index >= 15 is 0 Å². The molecule has 0 bridgehead atoms. The topological polar surface area (TPSA) is 49.9 Å². The quantitative estimate of drug-likeness (QED) is 0.804. The molecule has 0 aromatic heterocycles. The Kier molecular flexibility index (Phi) is 6.64. The van der Waals surface area contributed by atoms with Crippen LogP contribution in [0.15, 0.2) is 30.3 Å². The van der Waals surface area contributed by atoms with Crippen LogP contribution >= 0.6 is 0 Å². The summed E-state index contributed by atoms with van der Waals surface area (Å²) >= 11 is 0. The first-order chi connectivity index (χ1) is 11.5. The highest BCUT2D eigenvalue weighted by atomic mass is 16.5. The Morgan fingerprint density at radius 1 is 1.21 bits per heavy atom. The molecule has 24 heavy (non-hydrogen) atoms. The van der Waals surface area contributed by atoms with Gasteiger partial charge in [-0.25, -0.2) is 0 Å². The van der Waals surface area contributed by atoms with Gasteiger partial charge in [-0.3, -0.25) is 9.59 Å². The Labute approximate surface area is 144 Å². The van der Waals surface area contributed by atoms with Crippen molar-refractivity contribution in [1.82, 2.24) is 9.80 Å². The van der Waals surface area contributed by atoms with Crippen molar-refractivity contribution in [2.45, 2.75) is 26.7 Å². The number of piperidine rings is 1. The van der Waals surface area contributed by atoms with Crippen molar-refractivity contribution in [2.75, 3.05) is 33.3 Å². The summed E-state index contributed by atoms with van der Waals surface area (Å²) in [6, 6.07) is 9.61. The third kappa shape index (κ3) is 4.98. The fraction of sp³-hybridized carbons (Fsp3) is 0.579. The highest BCUT2D eigenvalue weighted by molar-refractivity contribution is 5.80. The Bertz CT molecular complexity index is 537. The maximum absolute atomic E-state index is 12.5. The molecular weight excluding hydrogens is 304 g/mol. The Balaban J connectivity index is 1.73. The minimum Gasteiger partial charge on any atom is -0.492 e. The number of ether oxygens (including phenoxy) is 1. The van der Waals surface area contributed by atoms with E-state index in [-0.39, 0.29) is 23.7 Å². The fourth-order valence-electron chi connectivity index (χ4n) is 2.95. The maximum Gasteiger partial charge on any atom is 0.225 e. The van der Waals surface area contributed by atoms with E-state index in [4.69, 9.17) is 4.74 Å². The average molecular weight is 332 g/mol. The smallest absolute Gasteiger partial charge is 0.225 e. The molecule has 1 aliphatic heterocycles. The van der Waals surface area contributed by atoms with Crippen LogP contribution in [0.1, 0.15) is 26.7 Å². The molecule has 1 heterocycles. The summed E-state index contributed by atoms with van der Waals surface area (Å²) in [5, 5.41) is 0. The summed E-state index contributed by atoms with van der Waals surface area (Å²) in [6.45, 7) is 6.25. The minimum atomic E-state index is 0.0166. The molecule has 1 aromatic carbocycles. The lowest BCUT2D eigenvalue weighted by atomic mass is 9.94. The Morgan fingerprint density at radius 2 is 1.83 bits per heavy atom. The van der Waals surface area contributed by atoms with Crippen LogP contribution in [0.3, 0.4) is 0 Å². The monoisotopic (exact) mass is 332 g/mol. The number of rotatable bonds is 6. The van der Waals surface area contributed by atoms with E-state index in [0.717, 1.165) is 18.6 Å². The lowest BCUT2D eigenvalue weighted by Gasteiger charge is -2.34. The number of carbonyl (C=O) groups is 2. The van der Waals surface area contributed by atoms with Crippen LogP contribution < -0.4 is 4.74 Å². The van der Waals surface area contributed by atoms with Gasteiger partial charge >= 0.3 is 0 Å². The summed E-state index contributed by atoms with van der Waals surface area (Å²) < 4.78 is 5.64. The molecule has 1 aliphatic rings. The third-order valence-corrected chi connectivity index (χ3v) is 4.46. The molecule has 2 rings (SSSR count). The van der Waals surface area contributed by atoms with Crippen LogP contribution in [-0.4, -0.2) is 54.9 Å². The van der Waals surface area contributed by atoms with Gasteiger partial charge < -0.3 is 14.5 Å². The van der Waals surface area contributed by atoms with E-state index in [1.807, 2.05) is 56.1 Å². The van der Waals surface area contributed by atoms with Gasteiger partial charge in [0.25, 0.3) is 0 Å². The largest absolute Gasteiger partial charge is 0.492 e. The van der Waals surface area contributed by atoms with Crippen LogP contribution in [-0.2, 0) is 9.59 Å². The van der Waals surface area contributed by atoms with E-state index < -0.39 is 0 Å². The van der Waals surface area contributed by atoms with Crippen LogP contribution in [0.4, 0.5) is 0 Å². The molecular formula is C19H28N2O3. The van der Waals surface area contributed by atoms with Crippen LogP contribution in [0.25, 0.3) is 0 Å². The number of amides is 2. The van der Waals surface area contributed by atoms with Crippen molar-refractivity contribution < 1.29 is 14.3 Å². The lowest BCUT2D eigenvalue weighted by molar-refractivity contribution is -0.141. The van der Waals surface area contributed by atoms with E-state index in [0.29, 0.717) is 26.2 Å². The predicted octanol–water partition coefficient (Wildman–Crippen LogP) is 2.42. The highest BCUT2D eigenvalue weighted by Crippen LogP contribution is 2.20. The second-order valence-electron chi connectivity index (χ2n) is 6.68. The van der Waals surface area contributed by atoms with Gasteiger partial charge in [0.2, 0.25) is 11.8 Å². The maximum atomic E-state index is 12.5. The number of hydrogen-bond donors (Lipinski definition) is 0. The number of likely N-dealkylation sites (N-methyl/N-ethyl adjacent to an activating group) is 1. The molecule has 2 amide bonds. The number of para-hydroxylation sites is 1. The zero-order valence-electron chi connectivity index (χ0n) is 14.9. The van der Waals surface area contributed by atoms with Gasteiger partial charge in [0.05, 0.1) is 6.54 Å². The van der Waals surface area contributed by atoms with Gasteiger partial charge in [-0.05, 0) is 25.0 Å². The molecule has 5 heteroatoms. The van der Waals surface area contributed by atoms with Gasteiger partial charge in [-0.1, -0.05) is 32.0 Å². The molecule has 1 fully saturated rings. The summed E-state index contributed by atoms with van der Waals surface area (Å²) in [5.74, 6) is 1.20. The molecule has 0 radical (unpaired) electrons. The summed E-state index contributed by atoms with van der Waals surface area (Å²) in [5.41, 5.74) is 0. The third-order valence-electron chi connectivity index (χ3n) is 4.46. The number of likely N-dealkylation sites (tertiary alicyclic amines) is 1. The van der Waals surface area contributed by atoms with Crippen molar-refractivity contribution in [3.63, 3.8) is 0 Å². The van der Waals surface area contributed by atoms with Gasteiger partial charge in [0, 0.05) is 32.0 Å². The van der Waals surface area contributed by atoms with E-state index in [2.05, 4.69) is 0 Å². The molecule has 0 unspecified atom stereocenters. The second kappa shape index (κ2) is 8.71. The fourth-order valence-corrected chi connectivity index (χ4v) is 2.95. The summed E-state index contributed by atoms with van der Waals surface area (Å²) in [4.78, 5) is 28.1. The van der Waals surface area contributed by atoms with E-state index in [9.17, 15) is 9.59 Å². The first-order valence-electron chi connectivity index (χ1n) is 8.70. The number of nitrogens with zero attached hydrogens (tertiary/aromatic N) is 2. The molecule has 0 spiro atoms. The number of carbonyl (C=O) groups excluding carboxylic acids is 2. The molecule has 132 valence electrons. The van der Waals surface area contributed by atoms with Crippen LogP contribution in [0.5, 0.6) is 5.75 Å². The van der Waals surface area contributed by atoms with Gasteiger partial charge in [0.1, 0.15) is 12.4 Å². The Hall–Kier alpha value is -2.04. The zero-order valence-corrected chi connectivity index (χ0v) is 14.9. The van der Waals surface area contributed by atoms with Crippen LogP contribution in [0.2, 0.25) is 0 Å². The van der Waals surface area contributed by atoms with Gasteiger partial charge in [-0.2, -0.15) is 0 Å². The highest BCUT2D eigenvalue weighted by Gasteiger charge is 2.29. The summed E-state index contributed by atoms with van der Waals surface area (Å²) in [6.07, 6.45) is 1.50.